The van der Waals surface area contributed by atoms with Gasteiger partial charge in [-0.3, -0.25) is 14.4 Å². The van der Waals surface area contributed by atoms with Gasteiger partial charge in [0.05, 0.1) is 17.9 Å². The van der Waals surface area contributed by atoms with Crippen LogP contribution in [0.3, 0.4) is 0 Å². The molecule has 2 unspecified atom stereocenters. The molecule has 1 aromatic carbocycles. The maximum Gasteiger partial charge on any atom is 0.248 e. The Morgan fingerprint density at radius 3 is 2.50 bits per heavy atom. The van der Waals surface area contributed by atoms with Crippen LogP contribution < -0.4 is 0 Å². The van der Waals surface area contributed by atoms with Gasteiger partial charge in [-0.25, -0.2) is 0 Å². The van der Waals surface area contributed by atoms with Crippen molar-refractivity contribution < 1.29 is 24.2 Å². The molecule has 0 aliphatic carbocycles. The Bertz CT molecular complexity index is 1030. The molecular weight excluding hydrogens is 482 g/mol. The van der Waals surface area contributed by atoms with Gasteiger partial charge in [-0.1, -0.05) is 55.3 Å². The first-order valence-electron chi connectivity index (χ1n) is 13.8. The minimum absolute atomic E-state index is 0.127. The van der Waals surface area contributed by atoms with Crippen molar-refractivity contribution in [2.24, 2.45) is 11.8 Å². The molecule has 3 aliphatic heterocycles. The minimum Gasteiger partial charge on any atom is -0.396 e. The van der Waals surface area contributed by atoms with E-state index in [1.165, 1.54) is 0 Å². The number of ether oxygens (including phenoxy) is 1. The number of unbranched alkanes of at least 4 members (excludes halogenated alkanes) is 3. The molecule has 5 atom stereocenters. The normalized spacial score (nSPS) is 27.3. The number of aliphatic hydroxyl groups excluding tert-OH is 1. The number of hydrogen-bond acceptors (Lipinski definition) is 5. The third-order valence-corrected chi connectivity index (χ3v) is 8.28. The highest BCUT2D eigenvalue weighted by molar-refractivity contribution is 5.99. The lowest BCUT2D eigenvalue weighted by Gasteiger charge is -2.37. The number of aliphatic hydroxyl groups is 1. The molecule has 3 fully saturated rings. The summed E-state index contributed by atoms with van der Waals surface area (Å²) in [6, 6.07) is 8.99. The highest BCUT2D eigenvalue weighted by Crippen LogP contribution is 2.59. The predicted molar refractivity (Wildman–Crippen MR) is 145 cm³/mol. The maximum absolute atomic E-state index is 14.3. The van der Waals surface area contributed by atoms with E-state index in [2.05, 4.69) is 13.2 Å². The van der Waals surface area contributed by atoms with Gasteiger partial charge < -0.3 is 24.5 Å². The summed E-state index contributed by atoms with van der Waals surface area (Å²) in [5.74, 6) is -1.71. The smallest absolute Gasteiger partial charge is 0.248 e. The fourth-order valence-electron chi connectivity index (χ4n) is 6.61. The highest BCUT2D eigenvalue weighted by Gasteiger charge is 2.74. The van der Waals surface area contributed by atoms with E-state index in [0.717, 1.165) is 24.8 Å². The molecule has 1 spiro atoms. The van der Waals surface area contributed by atoms with E-state index in [9.17, 15) is 14.4 Å². The van der Waals surface area contributed by atoms with E-state index >= 15 is 0 Å². The third-order valence-electron chi connectivity index (χ3n) is 8.28. The number of fused-ring (bicyclic) bond motifs is 1. The van der Waals surface area contributed by atoms with Crippen molar-refractivity contribution in [1.29, 1.82) is 0 Å². The van der Waals surface area contributed by atoms with Crippen LogP contribution in [0.2, 0.25) is 0 Å². The zero-order valence-electron chi connectivity index (χ0n) is 22.5. The van der Waals surface area contributed by atoms with E-state index in [4.69, 9.17) is 9.84 Å². The Kier molecular flexibility index (Phi) is 9.05. The van der Waals surface area contributed by atoms with Gasteiger partial charge in [-0.2, -0.15) is 0 Å². The van der Waals surface area contributed by atoms with Gasteiger partial charge in [0.1, 0.15) is 11.6 Å². The van der Waals surface area contributed by atoms with Crippen LogP contribution in [-0.2, 0) is 25.7 Å². The van der Waals surface area contributed by atoms with E-state index < -0.39 is 23.5 Å². The average Bonchev–Trinajstić information content (AvgIpc) is 3.56. The standard InChI is InChI=1S/C30H41N3O5/c1-4-17-31(3)27(35)24-23-15-16-30(38-23)25(24)28(36)33(19-11-6-7-12-20-34)26(30)29(37)32(18-5-2)21-22-13-9-8-10-14-22/h4-5,8-10,13-14,23-26,34H,1-2,6-7,11-12,15-21H2,3H3/t23-,24+,25-,26?,30?/m0/s1. The Morgan fingerprint density at radius 2 is 1.82 bits per heavy atom. The Labute approximate surface area is 225 Å². The molecule has 4 rings (SSSR count). The first-order chi connectivity index (χ1) is 18.4. The van der Waals surface area contributed by atoms with Gasteiger partial charge in [0.2, 0.25) is 17.7 Å². The van der Waals surface area contributed by atoms with Crippen molar-refractivity contribution in [3.05, 3.63) is 61.2 Å². The van der Waals surface area contributed by atoms with Crippen molar-refractivity contribution in [3.8, 4) is 0 Å². The summed E-state index contributed by atoms with van der Waals surface area (Å²) in [5.41, 5.74) is -0.0116. The number of nitrogens with zero attached hydrogens (tertiary/aromatic N) is 3. The molecule has 38 heavy (non-hydrogen) atoms. The van der Waals surface area contributed by atoms with Crippen LogP contribution >= 0.6 is 0 Å². The number of benzene rings is 1. The number of carbonyl (C=O) groups is 3. The number of likely N-dealkylation sites (N-methyl/N-ethyl adjacent to an activating group) is 1. The van der Waals surface area contributed by atoms with E-state index in [-0.39, 0.29) is 30.4 Å². The monoisotopic (exact) mass is 523 g/mol. The lowest BCUT2D eigenvalue weighted by molar-refractivity contribution is -0.149. The third kappa shape index (κ3) is 5.16. The summed E-state index contributed by atoms with van der Waals surface area (Å²) in [6.45, 7) is 9.29. The SMILES string of the molecule is C=CCN(C)C(=O)[C@@H]1[C@@H]2CCC3(O2)C(C(=O)N(CC=C)Cc2ccccc2)N(CCCCCCO)C(=O)[C@H]13. The predicted octanol–water partition coefficient (Wildman–Crippen LogP) is 2.77. The Hall–Kier alpha value is -2.97. The van der Waals surface area contributed by atoms with Gasteiger partial charge in [-0.15, -0.1) is 13.2 Å². The molecule has 1 aromatic rings. The van der Waals surface area contributed by atoms with Gasteiger partial charge in [0.25, 0.3) is 0 Å². The molecule has 3 amide bonds. The van der Waals surface area contributed by atoms with Crippen LogP contribution in [0.15, 0.2) is 55.6 Å². The number of rotatable bonds is 14. The second-order valence-electron chi connectivity index (χ2n) is 10.7. The topological polar surface area (TPSA) is 90.4 Å². The van der Waals surface area contributed by atoms with Gasteiger partial charge in [0.15, 0.2) is 0 Å². The average molecular weight is 524 g/mol. The molecule has 2 bridgehead atoms. The summed E-state index contributed by atoms with van der Waals surface area (Å²) in [7, 11) is 1.72. The van der Waals surface area contributed by atoms with Crippen LogP contribution in [0.4, 0.5) is 0 Å². The number of likely N-dealkylation sites (tertiary alicyclic amines) is 1. The minimum atomic E-state index is -1.00. The van der Waals surface area contributed by atoms with Crippen molar-refractivity contribution >= 4 is 17.7 Å². The van der Waals surface area contributed by atoms with Crippen LogP contribution in [0.25, 0.3) is 0 Å². The van der Waals surface area contributed by atoms with Crippen LogP contribution in [-0.4, -0.2) is 88.6 Å². The molecule has 0 aromatic heterocycles. The summed E-state index contributed by atoms with van der Waals surface area (Å²) in [4.78, 5) is 46.9. The summed E-state index contributed by atoms with van der Waals surface area (Å²) < 4.78 is 6.56. The number of carbonyl (C=O) groups excluding carboxylic acids is 3. The van der Waals surface area contributed by atoms with Gasteiger partial charge >= 0.3 is 0 Å². The molecule has 206 valence electrons. The molecule has 3 heterocycles. The molecule has 0 radical (unpaired) electrons. The van der Waals surface area contributed by atoms with E-state index in [0.29, 0.717) is 45.4 Å². The van der Waals surface area contributed by atoms with Crippen LogP contribution in [0.1, 0.15) is 44.1 Å². The molecule has 3 aliphatic rings. The second kappa shape index (κ2) is 12.3. The molecular formula is C30H41N3O5. The zero-order valence-corrected chi connectivity index (χ0v) is 22.5. The maximum atomic E-state index is 14.3. The molecule has 8 heteroatoms. The van der Waals surface area contributed by atoms with Crippen LogP contribution in [0, 0.1) is 11.8 Å². The lowest BCUT2D eigenvalue weighted by Crippen LogP contribution is -2.56. The first kappa shape index (κ1) is 28.0. The molecule has 0 saturated carbocycles. The fraction of sp³-hybridized carbons (Fsp3) is 0.567. The van der Waals surface area contributed by atoms with E-state index in [1.54, 1.807) is 33.9 Å². The lowest BCUT2D eigenvalue weighted by atomic mass is 9.70. The molecule has 3 saturated heterocycles. The van der Waals surface area contributed by atoms with Crippen molar-refractivity contribution in [3.63, 3.8) is 0 Å². The van der Waals surface area contributed by atoms with Crippen LogP contribution in [0.5, 0.6) is 0 Å². The summed E-state index contributed by atoms with van der Waals surface area (Å²) >= 11 is 0. The largest absolute Gasteiger partial charge is 0.396 e. The van der Waals surface area contributed by atoms with Crippen molar-refractivity contribution in [1.82, 2.24) is 14.7 Å². The van der Waals surface area contributed by atoms with Crippen molar-refractivity contribution in [2.45, 2.75) is 62.8 Å². The van der Waals surface area contributed by atoms with Crippen molar-refractivity contribution in [2.75, 3.05) is 33.3 Å². The summed E-state index contributed by atoms with van der Waals surface area (Å²) in [5, 5.41) is 9.13. The quantitative estimate of drug-likeness (QED) is 0.299. The molecule has 8 nitrogen and oxygen atoms in total. The Morgan fingerprint density at radius 1 is 1.11 bits per heavy atom. The van der Waals surface area contributed by atoms with Gasteiger partial charge in [0, 0.05) is 39.8 Å². The Balaban J connectivity index is 1.66. The zero-order chi connectivity index (χ0) is 27.3. The first-order valence-corrected chi connectivity index (χ1v) is 13.8. The van der Waals surface area contributed by atoms with Gasteiger partial charge in [-0.05, 0) is 31.2 Å². The highest BCUT2D eigenvalue weighted by atomic mass is 16.5. The fourth-order valence-corrected chi connectivity index (χ4v) is 6.61. The second-order valence-corrected chi connectivity index (χ2v) is 10.7. The molecule has 1 N–H and O–H groups in total. The summed E-state index contributed by atoms with van der Waals surface area (Å²) in [6.07, 6.45) is 7.36. The van der Waals surface area contributed by atoms with E-state index in [1.807, 2.05) is 30.3 Å². The number of hydrogen-bond donors (Lipinski definition) is 1. The number of amides is 3.